The minimum atomic E-state index is -2.12. The van der Waals surface area contributed by atoms with Crippen molar-refractivity contribution < 1.29 is 19.6 Å². The topological polar surface area (TPSA) is 101 Å². The summed E-state index contributed by atoms with van der Waals surface area (Å²) in [5, 5.41) is 23.1. The molecule has 3 aromatic carbocycles. The van der Waals surface area contributed by atoms with Crippen LogP contribution in [-0.4, -0.2) is 21.7 Å². The highest BCUT2D eigenvalue weighted by Crippen LogP contribution is 2.44. The summed E-state index contributed by atoms with van der Waals surface area (Å²) in [6, 6.07) is 16.6. The highest BCUT2D eigenvalue weighted by molar-refractivity contribution is 6.31. The van der Waals surface area contributed by atoms with Crippen molar-refractivity contribution in [3.63, 3.8) is 0 Å². The number of hydrogen-bond donors (Lipinski definition) is 1. The van der Waals surface area contributed by atoms with E-state index in [1.165, 1.54) is 35.2 Å². The number of hydrogen-bond acceptors (Lipinski definition) is 5. The minimum Gasteiger partial charge on any atom is -0.375 e. The first kappa shape index (κ1) is 22.0. The van der Waals surface area contributed by atoms with Crippen molar-refractivity contribution >= 4 is 46.3 Å². The lowest BCUT2D eigenvalue weighted by Crippen LogP contribution is -2.41. The number of amides is 1. The molecule has 0 spiro atoms. The van der Waals surface area contributed by atoms with Crippen molar-refractivity contribution in [3.05, 3.63) is 104 Å². The van der Waals surface area contributed by atoms with Crippen LogP contribution in [0.2, 0.25) is 10.0 Å². The number of anilines is 1. The number of nitro groups is 1. The highest BCUT2D eigenvalue weighted by atomic mass is 35.5. The van der Waals surface area contributed by atoms with Gasteiger partial charge in [-0.15, -0.1) is 0 Å². The molecule has 0 aromatic heterocycles. The Labute approximate surface area is 193 Å². The number of carbonyl (C=O) groups is 2. The van der Waals surface area contributed by atoms with Crippen LogP contribution in [0.5, 0.6) is 0 Å². The molecule has 3 aromatic rings. The molecule has 0 fully saturated rings. The van der Waals surface area contributed by atoms with E-state index in [4.69, 9.17) is 23.2 Å². The number of fused-ring (bicyclic) bond motifs is 1. The molecular formula is C23H16Cl2N2O5. The van der Waals surface area contributed by atoms with E-state index in [1.54, 1.807) is 36.4 Å². The summed E-state index contributed by atoms with van der Waals surface area (Å²) in [5.41, 5.74) is -0.659. The number of halogens is 2. The molecule has 9 heteroatoms. The molecule has 1 aliphatic rings. The molecule has 1 aliphatic heterocycles. The van der Waals surface area contributed by atoms with Crippen molar-refractivity contribution in [3.8, 4) is 0 Å². The Morgan fingerprint density at radius 1 is 1.00 bits per heavy atom. The molecule has 1 N–H and O–H groups in total. The number of benzene rings is 3. The van der Waals surface area contributed by atoms with Crippen molar-refractivity contribution in [1.82, 2.24) is 0 Å². The smallest absolute Gasteiger partial charge is 0.269 e. The molecule has 0 aliphatic carbocycles. The second kappa shape index (κ2) is 8.35. The summed E-state index contributed by atoms with van der Waals surface area (Å²) in [7, 11) is 0. The van der Waals surface area contributed by atoms with Gasteiger partial charge < -0.3 is 10.0 Å². The SMILES string of the molecule is O=C(CC1(O)C(=O)N(Cc2ccc(Cl)cc2)c2ccc(Cl)cc21)c1ccc([N+](=O)[O-])cc1. The Kier molecular flexibility index (Phi) is 5.73. The van der Waals surface area contributed by atoms with E-state index in [0.717, 1.165) is 5.56 Å². The average molecular weight is 471 g/mol. The number of rotatable bonds is 6. The predicted molar refractivity (Wildman–Crippen MR) is 120 cm³/mol. The van der Waals surface area contributed by atoms with Crippen LogP contribution < -0.4 is 4.90 Å². The number of ketones is 1. The molecule has 4 rings (SSSR count). The van der Waals surface area contributed by atoms with E-state index < -0.39 is 28.6 Å². The molecule has 0 saturated carbocycles. The molecule has 1 unspecified atom stereocenters. The third-order valence-electron chi connectivity index (χ3n) is 5.36. The van der Waals surface area contributed by atoms with Gasteiger partial charge in [-0.2, -0.15) is 0 Å². The lowest BCUT2D eigenvalue weighted by Gasteiger charge is -2.23. The number of carbonyl (C=O) groups excluding carboxylic acids is 2. The standard InChI is InChI=1S/C23H16Cl2N2O5/c24-16-5-1-14(2-6-16)13-26-20-10-7-17(25)11-19(20)23(30,22(26)29)12-21(28)15-3-8-18(9-4-15)27(31)32/h1-11,30H,12-13H2. The Balaban J connectivity index is 1.67. The monoisotopic (exact) mass is 470 g/mol. The van der Waals surface area contributed by atoms with E-state index in [2.05, 4.69) is 0 Å². The maximum atomic E-state index is 13.3. The number of non-ortho nitro benzene ring substituents is 1. The van der Waals surface area contributed by atoms with Crippen molar-refractivity contribution in [1.29, 1.82) is 0 Å². The fourth-order valence-corrected chi connectivity index (χ4v) is 4.02. The van der Waals surface area contributed by atoms with Crippen LogP contribution >= 0.6 is 23.2 Å². The molecule has 0 radical (unpaired) electrons. The van der Waals surface area contributed by atoms with E-state index in [0.29, 0.717) is 15.7 Å². The Bertz CT molecular complexity index is 1230. The van der Waals surface area contributed by atoms with Gasteiger partial charge >= 0.3 is 0 Å². The molecule has 1 atom stereocenters. The Morgan fingerprint density at radius 2 is 1.62 bits per heavy atom. The van der Waals surface area contributed by atoms with Crippen LogP contribution in [0.3, 0.4) is 0 Å². The first-order valence-corrected chi connectivity index (χ1v) is 10.3. The summed E-state index contributed by atoms with van der Waals surface area (Å²) in [6.07, 6.45) is -0.534. The summed E-state index contributed by atoms with van der Waals surface area (Å²) in [5.74, 6) is -1.19. The van der Waals surface area contributed by atoms with Gasteiger partial charge in [0.05, 0.1) is 23.6 Å². The van der Waals surface area contributed by atoms with Gasteiger partial charge in [0.1, 0.15) is 0 Å². The van der Waals surface area contributed by atoms with E-state index >= 15 is 0 Å². The summed E-state index contributed by atoms with van der Waals surface area (Å²) in [6.45, 7) is 0.165. The molecular weight excluding hydrogens is 455 g/mol. The first-order chi connectivity index (χ1) is 15.2. The minimum absolute atomic E-state index is 0.150. The van der Waals surface area contributed by atoms with E-state index in [-0.39, 0.29) is 23.4 Å². The van der Waals surface area contributed by atoms with E-state index in [9.17, 15) is 24.8 Å². The molecule has 0 bridgehead atoms. The molecule has 1 heterocycles. The van der Waals surface area contributed by atoms with Gasteiger partial charge in [0.15, 0.2) is 11.4 Å². The zero-order valence-electron chi connectivity index (χ0n) is 16.5. The second-order valence-corrected chi connectivity index (χ2v) is 8.32. The van der Waals surface area contributed by atoms with Gasteiger partial charge in [0.2, 0.25) is 0 Å². The van der Waals surface area contributed by atoms with Gasteiger partial charge in [-0.05, 0) is 48.0 Å². The zero-order chi connectivity index (χ0) is 23.0. The van der Waals surface area contributed by atoms with Crippen LogP contribution in [0.4, 0.5) is 11.4 Å². The maximum Gasteiger partial charge on any atom is 0.269 e. The Morgan fingerprint density at radius 3 is 2.25 bits per heavy atom. The maximum absolute atomic E-state index is 13.3. The summed E-state index contributed by atoms with van der Waals surface area (Å²) in [4.78, 5) is 37.9. The van der Waals surface area contributed by atoms with Crippen molar-refractivity contribution in [2.24, 2.45) is 0 Å². The van der Waals surface area contributed by atoms with Gasteiger partial charge in [-0.3, -0.25) is 19.7 Å². The van der Waals surface area contributed by atoms with Crippen molar-refractivity contribution in [2.45, 2.75) is 18.6 Å². The lowest BCUT2D eigenvalue weighted by molar-refractivity contribution is -0.384. The van der Waals surface area contributed by atoms with Crippen LogP contribution in [0.15, 0.2) is 66.7 Å². The number of aliphatic hydroxyl groups is 1. The van der Waals surface area contributed by atoms with Crippen LogP contribution in [0.1, 0.15) is 27.9 Å². The van der Waals surface area contributed by atoms with E-state index in [1.807, 2.05) is 0 Å². The van der Waals surface area contributed by atoms with Crippen LogP contribution in [0, 0.1) is 10.1 Å². The summed E-state index contributed by atoms with van der Waals surface area (Å²) >= 11 is 12.1. The second-order valence-electron chi connectivity index (χ2n) is 7.44. The summed E-state index contributed by atoms with van der Waals surface area (Å²) < 4.78 is 0. The van der Waals surface area contributed by atoms with Crippen LogP contribution in [0.25, 0.3) is 0 Å². The molecule has 0 saturated heterocycles. The van der Waals surface area contributed by atoms with Gasteiger partial charge in [0.25, 0.3) is 11.6 Å². The number of nitrogens with zero attached hydrogens (tertiary/aromatic N) is 2. The van der Waals surface area contributed by atoms with Gasteiger partial charge in [-0.25, -0.2) is 0 Å². The van der Waals surface area contributed by atoms with Crippen LogP contribution in [-0.2, 0) is 16.9 Å². The molecule has 1 amide bonds. The highest BCUT2D eigenvalue weighted by Gasteiger charge is 2.51. The fourth-order valence-electron chi connectivity index (χ4n) is 3.73. The average Bonchev–Trinajstić information content (AvgIpc) is 2.96. The third-order valence-corrected chi connectivity index (χ3v) is 5.85. The van der Waals surface area contributed by atoms with Gasteiger partial charge in [0, 0.05) is 33.3 Å². The molecule has 32 heavy (non-hydrogen) atoms. The number of Topliss-reactive ketones (excluding diaryl/α,β-unsaturated/α-hetero) is 1. The predicted octanol–water partition coefficient (Wildman–Crippen LogP) is 4.91. The molecule has 162 valence electrons. The fraction of sp³-hybridized carbons (Fsp3) is 0.130. The van der Waals surface area contributed by atoms with Crippen molar-refractivity contribution in [2.75, 3.05) is 4.90 Å². The number of nitro benzene ring substituents is 1. The third kappa shape index (κ3) is 3.98. The molecule has 7 nitrogen and oxygen atoms in total. The van der Waals surface area contributed by atoms with Gasteiger partial charge in [-0.1, -0.05) is 35.3 Å². The largest absolute Gasteiger partial charge is 0.375 e. The Hall–Kier alpha value is -3.26. The first-order valence-electron chi connectivity index (χ1n) is 9.55. The normalized spacial score (nSPS) is 17.3. The quantitative estimate of drug-likeness (QED) is 0.313. The lowest BCUT2D eigenvalue weighted by atomic mass is 9.88. The zero-order valence-corrected chi connectivity index (χ0v) is 18.0.